The summed E-state index contributed by atoms with van der Waals surface area (Å²) in [5.74, 6) is -0.250. The van der Waals surface area contributed by atoms with E-state index >= 15 is 0 Å². The molecule has 1 N–H and O–H groups in total. The molecule has 0 aliphatic heterocycles. The number of carbonyl (C=O) groups excluding carboxylic acids is 2. The molecule has 2 amide bonds. The highest BCUT2D eigenvalue weighted by Gasteiger charge is 2.32. The van der Waals surface area contributed by atoms with Crippen molar-refractivity contribution in [3.63, 3.8) is 0 Å². The number of hydrogen-bond donors (Lipinski definition) is 1. The van der Waals surface area contributed by atoms with Crippen LogP contribution in [0.4, 0.5) is 0 Å². The van der Waals surface area contributed by atoms with Gasteiger partial charge in [-0.05, 0) is 34.9 Å². The van der Waals surface area contributed by atoms with Crippen molar-refractivity contribution in [2.24, 2.45) is 0 Å². The molecule has 3 rings (SSSR count). The molecule has 190 valence electrons. The van der Waals surface area contributed by atoms with Gasteiger partial charge >= 0.3 is 0 Å². The molecule has 3 aromatic rings. The number of nitrogens with zero attached hydrogens (tertiary/aromatic N) is 3. The van der Waals surface area contributed by atoms with Gasteiger partial charge in [0.05, 0.1) is 19.9 Å². The third kappa shape index (κ3) is 7.37. The number of likely N-dealkylation sites (N-methyl/N-ethyl adjacent to an activating group) is 1. The Bertz CT molecular complexity index is 1250. The maximum absolute atomic E-state index is 13.6. The molecule has 0 aliphatic rings. The van der Waals surface area contributed by atoms with E-state index in [1.54, 1.807) is 74.1 Å². The monoisotopic (exact) mass is 510 g/mol. The molecule has 10 heteroatoms. The number of benzene rings is 2. The highest BCUT2D eigenvalue weighted by molar-refractivity contribution is 7.88. The number of methoxy groups -OCH3 is 1. The van der Waals surface area contributed by atoms with Crippen molar-refractivity contribution in [3.05, 3.63) is 95.8 Å². The largest absolute Gasteiger partial charge is 0.497 e. The van der Waals surface area contributed by atoms with Crippen LogP contribution in [-0.4, -0.2) is 61.4 Å². The lowest BCUT2D eigenvalue weighted by Gasteiger charge is -2.32. The maximum atomic E-state index is 13.6. The number of nitrogens with one attached hydrogen (secondary N) is 1. The summed E-state index contributed by atoms with van der Waals surface area (Å²) in [5.41, 5.74) is 2.17. The molecule has 0 bridgehead atoms. The van der Waals surface area contributed by atoms with E-state index < -0.39 is 34.4 Å². The molecule has 0 radical (unpaired) electrons. The van der Waals surface area contributed by atoms with Crippen molar-refractivity contribution in [3.8, 4) is 5.75 Å². The molecule has 0 saturated carbocycles. The average molecular weight is 511 g/mol. The summed E-state index contributed by atoms with van der Waals surface area (Å²) in [6, 6.07) is 18.7. The zero-order valence-electron chi connectivity index (χ0n) is 20.5. The van der Waals surface area contributed by atoms with E-state index in [9.17, 15) is 18.0 Å². The first-order valence-electron chi connectivity index (χ1n) is 11.2. The first-order chi connectivity index (χ1) is 17.2. The predicted molar refractivity (Wildman–Crippen MR) is 136 cm³/mol. The van der Waals surface area contributed by atoms with E-state index in [1.165, 1.54) is 11.9 Å². The van der Waals surface area contributed by atoms with Gasteiger partial charge in [0.1, 0.15) is 11.8 Å². The fourth-order valence-electron chi connectivity index (χ4n) is 3.55. The number of pyridine rings is 1. The summed E-state index contributed by atoms with van der Waals surface area (Å²) in [6.07, 6.45) is 4.33. The summed E-state index contributed by atoms with van der Waals surface area (Å²) in [7, 11) is -0.717. The number of sulfonamides is 1. The number of hydrogen-bond acceptors (Lipinski definition) is 6. The first kappa shape index (κ1) is 26.8. The molecular weight excluding hydrogens is 480 g/mol. The van der Waals surface area contributed by atoms with Crippen molar-refractivity contribution in [1.29, 1.82) is 0 Å². The second kappa shape index (κ2) is 12.3. The van der Waals surface area contributed by atoms with Crippen LogP contribution < -0.4 is 10.1 Å². The van der Waals surface area contributed by atoms with E-state index in [0.717, 1.165) is 21.7 Å². The van der Waals surface area contributed by atoms with E-state index in [2.05, 4.69) is 10.3 Å². The summed E-state index contributed by atoms with van der Waals surface area (Å²) >= 11 is 0. The van der Waals surface area contributed by atoms with Gasteiger partial charge in [0.15, 0.2) is 0 Å². The molecule has 0 saturated heterocycles. The lowest BCUT2D eigenvalue weighted by atomic mass is 10.0. The fourth-order valence-corrected chi connectivity index (χ4v) is 3.89. The first-order valence-corrected chi connectivity index (χ1v) is 13.1. The number of carbonyl (C=O) groups is 2. The Hall–Kier alpha value is -3.76. The van der Waals surface area contributed by atoms with Crippen molar-refractivity contribution in [2.45, 2.75) is 19.1 Å². The second-order valence-corrected chi connectivity index (χ2v) is 10.4. The number of aromatic nitrogens is 1. The molecule has 0 aliphatic carbocycles. The SMILES string of the molecule is COc1ccc(CN(C(=O)CN(C)S(C)(=O)=O)[C@@H](C(=O)NCc2cccnc2)c2ccccc2)cc1. The van der Waals surface area contributed by atoms with Gasteiger partial charge in [-0.25, -0.2) is 8.42 Å². The molecule has 1 atom stereocenters. The van der Waals surface area contributed by atoms with Gasteiger partial charge in [-0.2, -0.15) is 4.31 Å². The van der Waals surface area contributed by atoms with Crippen LogP contribution in [0.3, 0.4) is 0 Å². The average Bonchev–Trinajstić information content (AvgIpc) is 2.88. The van der Waals surface area contributed by atoms with E-state index in [4.69, 9.17) is 4.74 Å². The normalized spacial score (nSPS) is 12.1. The highest BCUT2D eigenvalue weighted by atomic mass is 32.2. The zero-order valence-corrected chi connectivity index (χ0v) is 21.3. The minimum atomic E-state index is -3.61. The number of rotatable bonds is 11. The topological polar surface area (TPSA) is 109 Å². The van der Waals surface area contributed by atoms with Crippen LogP contribution in [-0.2, 0) is 32.7 Å². The van der Waals surface area contributed by atoms with E-state index in [-0.39, 0.29) is 13.1 Å². The molecule has 36 heavy (non-hydrogen) atoms. The predicted octanol–water partition coefficient (Wildman–Crippen LogP) is 2.37. The zero-order chi connectivity index (χ0) is 26.1. The van der Waals surface area contributed by atoms with E-state index in [0.29, 0.717) is 11.3 Å². The quantitative estimate of drug-likeness (QED) is 0.424. The third-order valence-electron chi connectivity index (χ3n) is 5.62. The third-order valence-corrected chi connectivity index (χ3v) is 6.88. The summed E-state index contributed by atoms with van der Waals surface area (Å²) in [4.78, 5) is 32.6. The molecule has 1 aromatic heterocycles. The molecular formula is C26H30N4O5S. The van der Waals surface area contributed by atoms with Crippen LogP contribution >= 0.6 is 0 Å². The lowest BCUT2D eigenvalue weighted by Crippen LogP contribution is -2.47. The minimum Gasteiger partial charge on any atom is -0.497 e. The van der Waals surface area contributed by atoms with Crippen LogP contribution in [0.25, 0.3) is 0 Å². The Morgan fingerprint density at radius 3 is 2.28 bits per heavy atom. The van der Waals surface area contributed by atoms with Gasteiger partial charge < -0.3 is 15.0 Å². The Labute approximate surface area is 211 Å². The Balaban J connectivity index is 1.97. The lowest BCUT2D eigenvalue weighted by molar-refractivity contribution is -0.141. The number of ether oxygens (including phenoxy) is 1. The van der Waals surface area contributed by atoms with E-state index in [1.807, 2.05) is 12.1 Å². The van der Waals surface area contributed by atoms with Crippen LogP contribution in [0, 0.1) is 0 Å². The standard InChI is InChI=1S/C26H30N4O5S/c1-29(36(3,33)34)19-24(31)30(18-20-11-13-23(35-2)14-12-20)25(22-9-5-4-6-10-22)26(32)28-17-21-8-7-15-27-16-21/h4-16,25H,17-19H2,1-3H3,(H,28,32)/t25-/m1/s1. The molecule has 0 unspecified atom stereocenters. The van der Waals surface area contributed by atoms with Crippen molar-refractivity contribution >= 4 is 21.8 Å². The van der Waals surface area contributed by atoms with Gasteiger partial charge in [0.2, 0.25) is 21.8 Å². The molecule has 0 fully saturated rings. The molecule has 9 nitrogen and oxygen atoms in total. The Morgan fingerprint density at radius 1 is 1.00 bits per heavy atom. The van der Waals surface area contributed by atoms with Crippen LogP contribution in [0.2, 0.25) is 0 Å². The van der Waals surface area contributed by atoms with Crippen LogP contribution in [0.1, 0.15) is 22.7 Å². The highest BCUT2D eigenvalue weighted by Crippen LogP contribution is 2.25. The van der Waals surface area contributed by atoms with Crippen LogP contribution in [0.5, 0.6) is 5.75 Å². The minimum absolute atomic E-state index is 0.0836. The van der Waals surface area contributed by atoms with Gasteiger partial charge in [-0.3, -0.25) is 14.6 Å². The Kier molecular flexibility index (Phi) is 9.15. The van der Waals surface area contributed by atoms with Gasteiger partial charge in [0, 0.05) is 32.5 Å². The van der Waals surface area contributed by atoms with Crippen LogP contribution in [0.15, 0.2) is 79.1 Å². The smallest absolute Gasteiger partial charge is 0.247 e. The molecule has 1 heterocycles. The molecule has 0 spiro atoms. The molecule has 2 aromatic carbocycles. The summed E-state index contributed by atoms with van der Waals surface area (Å²) in [5, 5.41) is 2.90. The number of amides is 2. The maximum Gasteiger partial charge on any atom is 0.247 e. The second-order valence-electron chi connectivity index (χ2n) is 8.28. The van der Waals surface area contributed by atoms with Crippen molar-refractivity contribution in [2.75, 3.05) is 27.0 Å². The van der Waals surface area contributed by atoms with Crippen molar-refractivity contribution in [1.82, 2.24) is 19.5 Å². The fraction of sp³-hybridized carbons (Fsp3) is 0.269. The Morgan fingerprint density at radius 2 is 1.69 bits per heavy atom. The van der Waals surface area contributed by atoms with Gasteiger partial charge in [0.25, 0.3) is 0 Å². The summed E-state index contributed by atoms with van der Waals surface area (Å²) < 4.78 is 30.2. The van der Waals surface area contributed by atoms with Gasteiger partial charge in [-0.1, -0.05) is 48.5 Å². The van der Waals surface area contributed by atoms with Crippen molar-refractivity contribution < 1.29 is 22.7 Å². The van der Waals surface area contributed by atoms with Gasteiger partial charge in [-0.15, -0.1) is 0 Å². The summed E-state index contributed by atoms with van der Waals surface area (Å²) in [6.45, 7) is -0.0989.